The van der Waals surface area contributed by atoms with Crippen LogP contribution in [0, 0.1) is 6.92 Å². The van der Waals surface area contributed by atoms with Gasteiger partial charge < -0.3 is 10.1 Å². The molecule has 2 aromatic heterocycles. The van der Waals surface area contributed by atoms with Crippen LogP contribution in [0.4, 0.5) is 5.82 Å². The largest absolute Gasteiger partial charge is 0.465 e. The Labute approximate surface area is 115 Å². The molecule has 0 amide bonds. The summed E-state index contributed by atoms with van der Waals surface area (Å²) in [4.78, 5) is 21.3. The molecule has 1 N–H and O–H groups in total. The first-order chi connectivity index (χ1) is 9.11. The molecule has 5 nitrogen and oxygen atoms in total. The van der Waals surface area contributed by atoms with Crippen LogP contribution < -0.4 is 5.32 Å². The molecule has 19 heavy (non-hydrogen) atoms. The number of nitrogens with zero attached hydrogens (tertiary/aromatic N) is 2. The van der Waals surface area contributed by atoms with Gasteiger partial charge in [0.15, 0.2) is 0 Å². The average Bonchev–Trinajstić information content (AvgIpc) is 2.85. The van der Waals surface area contributed by atoms with Crippen LogP contribution in [0.2, 0.25) is 0 Å². The Kier molecular flexibility index (Phi) is 4.11. The number of anilines is 1. The monoisotopic (exact) mass is 277 g/mol. The van der Waals surface area contributed by atoms with E-state index in [-0.39, 0.29) is 6.04 Å². The number of aromatic nitrogens is 2. The number of hydrogen-bond acceptors (Lipinski definition) is 6. The maximum absolute atomic E-state index is 11.6. The van der Waals surface area contributed by atoms with Crippen molar-refractivity contribution >= 4 is 23.1 Å². The van der Waals surface area contributed by atoms with Gasteiger partial charge in [0.05, 0.1) is 13.2 Å². The van der Waals surface area contributed by atoms with E-state index in [1.165, 1.54) is 7.11 Å². The number of esters is 1. The second-order valence-corrected chi connectivity index (χ2v) is 5.33. The fourth-order valence-electron chi connectivity index (χ4n) is 1.63. The number of hydrogen-bond donors (Lipinski definition) is 1. The number of carbonyl (C=O) groups is 1. The fourth-order valence-corrected chi connectivity index (χ4v) is 2.41. The van der Waals surface area contributed by atoms with Crippen molar-refractivity contribution in [3.63, 3.8) is 0 Å². The Hall–Kier alpha value is -1.95. The molecule has 0 aliphatic carbocycles. The molecule has 0 aliphatic heterocycles. The van der Waals surface area contributed by atoms with Crippen LogP contribution in [0.25, 0.3) is 0 Å². The topological polar surface area (TPSA) is 64.1 Å². The first-order valence-corrected chi connectivity index (χ1v) is 6.65. The molecule has 0 fully saturated rings. The Morgan fingerprint density at radius 3 is 2.89 bits per heavy atom. The summed E-state index contributed by atoms with van der Waals surface area (Å²) in [5, 5.41) is 4.15. The Bertz CT molecular complexity index is 583. The summed E-state index contributed by atoms with van der Waals surface area (Å²) in [5.41, 5.74) is 0.421. The van der Waals surface area contributed by atoms with Crippen molar-refractivity contribution in [2.45, 2.75) is 19.9 Å². The van der Waals surface area contributed by atoms with Crippen molar-refractivity contribution in [1.29, 1.82) is 0 Å². The van der Waals surface area contributed by atoms with Crippen molar-refractivity contribution in [2.24, 2.45) is 0 Å². The first kappa shape index (κ1) is 13.5. The lowest BCUT2D eigenvalue weighted by molar-refractivity contribution is 0.0601. The summed E-state index contributed by atoms with van der Waals surface area (Å²) < 4.78 is 4.74. The van der Waals surface area contributed by atoms with Gasteiger partial charge in [0.1, 0.15) is 16.4 Å². The van der Waals surface area contributed by atoms with E-state index in [1.54, 1.807) is 29.7 Å². The van der Waals surface area contributed by atoms with Gasteiger partial charge in [0.2, 0.25) is 0 Å². The summed E-state index contributed by atoms with van der Waals surface area (Å²) in [6, 6.07) is 3.37. The molecule has 0 aliphatic rings. The zero-order valence-electron chi connectivity index (χ0n) is 11.0. The molecule has 0 saturated heterocycles. The van der Waals surface area contributed by atoms with Crippen LogP contribution in [0.5, 0.6) is 0 Å². The minimum Gasteiger partial charge on any atom is -0.465 e. The van der Waals surface area contributed by atoms with Gasteiger partial charge >= 0.3 is 5.97 Å². The highest BCUT2D eigenvalue weighted by Crippen LogP contribution is 2.24. The van der Waals surface area contributed by atoms with Crippen LogP contribution in [0.1, 0.15) is 33.2 Å². The molecular formula is C13H15N3O2S. The van der Waals surface area contributed by atoms with E-state index >= 15 is 0 Å². The van der Waals surface area contributed by atoms with Crippen molar-refractivity contribution in [3.05, 3.63) is 40.0 Å². The average molecular weight is 277 g/mol. The van der Waals surface area contributed by atoms with Crippen LogP contribution in [0.15, 0.2) is 24.5 Å². The standard InChI is InChI=1S/C13H15N3O2S/c1-8-7-15-12(19-8)9(2)16-11-10(13(17)18-3)5-4-6-14-11/h4-7,9H,1-3H3,(H,14,16). The van der Waals surface area contributed by atoms with Crippen molar-refractivity contribution < 1.29 is 9.53 Å². The molecule has 1 atom stereocenters. The van der Waals surface area contributed by atoms with E-state index < -0.39 is 5.97 Å². The lowest BCUT2D eigenvalue weighted by Gasteiger charge is -2.14. The highest BCUT2D eigenvalue weighted by Gasteiger charge is 2.16. The number of ether oxygens (including phenoxy) is 1. The fraction of sp³-hybridized carbons (Fsp3) is 0.308. The third-order valence-corrected chi connectivity index (χ3v) is 3.67. The summed E-state index contributed by atoms with van der Waals surface area (Å²) in [6.07, 6.45) is 3.46. The van der Waals surface area contributed by atoms with E-state index in [0.717, 1.165) is 9.88 Å². The second-order valence-electron chi connectivity index (χ2n) is 4.07. The summed E-state index contributed by atoms with van der Waals surface area (Å²) >= 11 is 1.62. The van der Waals surface area contributed by atoms with Crippen molar-refractivity contribution in [2.75, 3.05) is 12.4 Å². The van der Waals surface area contributed by atoms with Gasteiger partial charge in [0, 0.05) is 17.3 Å². The number of rotatable bonds is 4. The number of methoxy groups -OCH3 is 1. The highest BCUT2D eigenvalue weighted by molar-refractivity contribution is 7.11. The highest BCUT2D eigenvalue weighted by atomic mass is 32.1. The molecule has 0 bridgehead atoms. The van der Waals surface area contributed by atoms with E-state index in [9.17, 15) is 4.79 Å². The minimum absolute atomic E-state index is 0.0167. The van der Waals surface area contributed by atoms with Crippen LogP contribution in [-0.4, -0.2) is 23.0 Å². The summed E-state index contributed by atoms with van der Waals surface area (Å²) in [7, 11) is 1.35. The van der Waals surface area contributed by atoms with Crippen molar-refractivity contribution in [3.8, 4) is 0 Å². The molecular weight excluding hydrogens is 262 g/mol. The zero-order valence-corrected chi connectivity index (χ0v) is 11.8. The molecule has 100 valence electrons. The van der Waals surface area contributed by atoms with Crippen molar-refractivity contribution in [1.82, 2.24) is 9.97 Å². The molecule has 0 saturated carbocycles. The molecule has 6 heteroatoms. The van der Waals surface area contributed by atoms with Gasteiger partial charge in [-0.2, -0.15) is 0 Å². The third-order valence-electron chi connectivity index (χ3n) is 2.58. The molecule has 0 radical (unpaired) electrons. The van der Waals surface area contributed by atoms with Crippen LogP contribution in [0.3, 0.4) is 0 Å². The second kappa shape index (κ2) is 5.79. The number of aryl methyl sites for hydroxylation is 1. The first-order valence-electron chi connectivity index (χ1n) is 5.84. The maximum atomic E-state index is 11.6. The molecule has 1 unspecified atom stereocenters. The van der Waals surface area contributed by atoms with E-state index in [1.807, 2.05) is 20.0 Å². The lowest BCUT2D eigenvalue weighted by atomic mass is 10.2. The predicted molar refractivity (Wildman–Crippen MR) is 74.5 cm³/mol. The number of nitrogens with one attached hydrogen (secondary N) is 1. The minimum atomic E-state index is -0.405. The van der Waals surface area contributed by atoms with Crippen LogP contribution >= 0.6 is 11.3 Å². The van der Waals surface area contributed by atoms with Gasteiger partial charge in [-0.05, 0) is 26.0 Å². The van der Waals surface area contributed by atoms with Gasteiger partial charge in [0.25, 0.3) is 0 Å². The smallest absolute Gasteiger partial charge is 0.341 e. The Morgan fingerprint density at radius 1 is 1.47 bits per heavy atom. The van der Waals surface area contributed by atoms with E-state index in [2.05, 4.69) is 15.3 Å². The van der Waals surface area contributed by atoms with Gasteiger partial charge in [-0.1, -0.05) is 0 Å². The van der Waals surface area contributed by atoms with Gasteiger partial charge in [-0.3, -0.25) is 0 Å². The maximum Gasteiger partial charge on any atom is 0.341 e. The molecule has 2 rings (SSSR count). The number of thiazole rings is 1. The number of pyridine rings is 1. The molecule has 2 heterocycles. The van der Waals surface area contributed by atoms with E-state index in [4.69, 9.17) is 4.74 Å². The summed E-state index contributed by atoms with van der Waals surface area (Å²) in [5.74, 6) is 0.104. The van der Waals surface area contributed by atoms with Crippen LogP contribution in [-0.2, 0) is 4.74 Å². The van der Waals surface area contributed by atoms with Gasteiger partial charge in [-0.15, -0.1) is 11.3 Å². The number of carbonyl (C=O) groups excluding carboxylic acids is 1. The molecule has 0 aromatic carbocycles. The van der Waals surface area contributed by atoms with Gasteiger partial charge in [-0.25, -0.2) is 14.8 Å². The third kappa shape index (κ3) is 3.08. The lowest BCUT2D eigenvalue weighted by Crippen LogP contribution is -2.12. The SMILES string of the molecule is COC(=O)c1cccnc1NC(C)c1ncc(C)s1. The van der Waals surface area contributed by atoms with E-state index in [0.29, 0.717) is 11.4 Å². The quantitative estimate of drug-likeness (QED) is 0.871. The Morgan fingerprint density at radius 2 is 2.26 bits per heavy atom. The normalized spacial score (nSPS) is 11.9. The summed E-state index contributed by atoms with van der Waals surface area (Å²) in [6.45, 7) is 3.99. The zero-order chi connectivity index (χ0) is 13.8. The molecule has 0 spiro atoms. The Balaban J connectivity index is 2.21. The molecule has 2 aromatic rings. The predicted octanol–water partition coefficient (Wildman–Crippen LogP) is 2.81.